The van der Waals surface area contributed by atoms with Gasteiger partial charge in [-0.05, 0) is 19.1 Å². The number of ether oxygens (including phenoxy) is 1. The molecule has 21 heavy (non-hydrogen) atoms. The molecule has 1 heterocycles. The first kappa shape index (κ1) is 15.0. The second kappa shape index (κ2) is 7.39. The first-order valence-corrected chi connectivity index (χ1v) is 7.24. The molecule has 0 atom stereocenters. The Morgan fingerprint density at radius 3 is 3.10 bits per heavy atom. The van der Waals surface area contributed by atoms with Crippen LogP contribution in [0.15, 0.2) is 34.7 Å². The first-order chi connectivity index (χ1) is 10.2. The molecule has 7 heteroatoms. The molecular weight excluding hydrogens is 290 g/mol. The van der Waals surface area contributed by atoms with E-state index in [9.17, 15) is 9.90 Å². The predicted molar refractivity (Wildman–Crippen MR) is 81.8 cm³/mol. The van der Waals surface area contributed by atoms with E-state index in [1.807, 2.05) is 6.07 Å². The minimum absolute atomic E-state index is 0.148. The molecule has 0 unspecified atom stereocenters. The number of hydrogen-bond acceptors (Lipinski definition) is 7. The van der Waals surface area contributed by atoms with Crippen molar-refractivity contribution in [2.45, 2.75) is 13.3 Å². The molecule has 1 aromatic carbocycles. The van der Waals surface area contributed by atoms with Crippen LogP contribution >= 0.6 is 11.3 Å². The minimum Gasteiger partial charge on any atom is -0.507 e. The first-order valence-electron chi connectivity index (χ1n) is 6.36. The second-order valence-corrected chi connectivity index (χ2v) is 4.91. The third-order valence-electron chi connectivity index (χ3n) is 2.48. The van der Waals surface area contributed by atoms with Gasteiger partial charge < -0.3 is 9.84 Å². The lowest BCUT2D eigenvalue weighted by Crippen LogP contribution is -2.07. The number of thiazole rings is 1. The number of phenolic OH excluding ortho intramolecular Hbond substituents is 1. The standard InChI is InChI=1S/C14H15N3O3S/c1-2-20-13(19)7-11-9-21-14(16-11)17-15-8-10-5-3-4-6-12(10)18/h3-6,8-9,18H,2,7H2,1H3,(H,16,17). The van der Waals surface area contributed by atoms with Crippen LogP contribution in [0.25, 0.3) is 0 Å². The van der Waals surface area contributed by atoms with Gasteiger partial charge in [0.15, 0.2) is 0 Å². The van der Waals surface area contributed by atoms with E-state index < -0.39 is 0 Å². The zero-order valence-electron chi connectivity index (χ0n) is 11.4. The highest BCUT2D eigenvalue weighted by atomic mass is 32.1. The fourth-order valence-electron chi connectivity index (χ4n) is 1.55. The number of esters is 1. The zero-order chi connectivity index (χ0) is 15.1. The monoisotopic (exact) mass is 305 g/mol. The number of nitrogens with one attached hydrogen (secondary N) is 1. The van der Waals surface area contributed by atoms with Crippen LogP contribution in [-0.2, 0) is 16.0 Å². The lowest BCUT2D eigenvalue weighted by molar-refractivity contribution is -0.142. The molecule has 0 aliphatic heterocycles. The summed E-state index contributed by atoms with van der Waals surface area (Å²) in [4.78, 5) is 15.5. The third kappa shape index (κ3) is 4.57. The van der Waals surface area contributed by atoms with Gasteiger partial charge in [0.05, 0.1) is 24.9 Å². The van der Waals surface area contributed by atoms with E-state index in [1.54, 1.807) is 30.5 Å². The van der Waals surface area contributed by atoms with Crippen LogP contribution in [0.1, 0.15) is 18.2 Å². The number of carbonyl (C=O) groups excluding carboxylic acids is 1. The highest BCUT2D eigenvalue weighted by Gasteiger charge is 2.07. The number of hydrogen-bond donors (Lipinski definition) is 2. The van der Waals surface area contributed by atoms with Gasteiger partial charge in [0, 0.05) is 10.9 Å². The van der Waals surface area contributed by atoms with Gasteiger partial charge in [0.1, 0.15) is 5.75 Å². The van der Waals surface area contributed by atoms with Crippen molar-refractivity contribution < 1.29 is 14.6 Å². The molecule has 6 nitrogen and oxygen atoms in total. The lowest BCUT2D eigenvalue weighted by atomic mass is 10.2. The Morgan fingerprint density at radius 1 is 1.52 bits per heavy atom. The fraction of sp³-hybridized carbons (Fsp3) is 0.214. The van der Waals surface area contributed by atoms with E-state index in [-0.39, 0.29) is 18.1 Å². The molecule has 0 amide bonds. The van der Waals surface area contributed by atoms with E-state index >= 15 is 0 Å². The van der Waals surface area contributed by atoms with Gasteiger partial charge in [-0.2, -0.15) is 5.10 Å². The Kier molecular flexibility index (Phi) is 5.28. The number of aromatic nitrogens is 1. The van der Waals surface area contributed by atoms with Crippen LogP contribution < -0.4 is 5.43 Å². The Labute approximate surface area is 126 Å². The van der Waals surface area contributed by atoms with Gasteiger partial charge in [-0.3, -0.25) is 10.2 Å². The Hall–Kier alpha value is -2.41. The maximum atomic E-state index is 11.3. The molecule has 0 aliphatic rings. The summed E-state index contributed by atoms with van der Waals surface area (Å²) >= 11 is 1.34. The Balaban J connectivity index is 1.91. The number of para-hydroxylation sites is 1. The maximum absolute atomic E-state index is 11.3. The fourth-order valence-corrected chi connectivity index (χ4v) is 2.21. The number of anilines is 1. The van der Waals surface area contributed by atoms with Crippen LogP contribution in [0, 0.1) is 0 Å². The van der Waals surface area contributed by atoms with Crippen molar-refractivity contribution in [3.05, 3.63) is 40.9 Å². The van der Waals surface area contributed by atoms with Crippen molar-refractivity contribution in [2.24, 2.45) is 5.10 Å². The van der Waals surface area contributed by atoms with Crippen molar-refractivity contribution in [1.82, 2.24) is 4.98 Å². The average Bonchev–Trinajstić information content (AvgIpc) is 2.88. The van der Waals surface area contributed by atoms with Gasteiger partial charge >= 0.3 is 5.97 Å². The molecule has 2 aromatic rings. The summed E-state index contributed by atoms with van der Waals surface area (Å²) in [6, 6.07) is 6.88. The van der Waals surface area contributed by atoms with E-state index in [2.05, 4.69) is 15.5 Å². The third-order valence-corrected chi connectivity index (χ3v) is 3.28. The van der Waals surface area contributed by atoms with E-state index in [0.717, 1.165) is 0 Å². The predicted octanol–water partition coefficient (Wildman–Crippen LogP) is 2.40. The molecule has 110 valence electrons. The summed E-state index contributed by atoms with van der Waals surface area (Å²) in [7, 11) is 0. The topological polar surface area (TPSA) is 83.8 Å². The van der Waals surface area contributed by atoms with Gasteiger partial charge in [-0.1, -0.05) is 12.1 Å². The van der Waals surface area contributed by atoms with Crippen molar-refractivity contribution in [3.8, 4) is 5.75 Å². The van der Waals surface area contributed by atoms with Gasteiger partial charge in [0.25, 0.3) is 0 Å². The maximum Gasteiger partial charge on any atom is 0.311 e. The van der Waals surface area contributed by atoms with E-state index in [4.69, 9.17) is 4.74 Å². The normalized spacial score (nSPS) is 10.7. The molecule has 1 aromatic heterocycles. The summed E-state index contributed by atoms with van der Waals surface area (Å²) < 4.78 is 4.86. The summed E-state index contributed by atoms with van der Waals surface area (Å²) in [5.74, 6) is -0.141. The number of carbonyl (C=O) groups is 1. The second-order valence-electron chi connectivity index (χ2n) is 4.05. The molecule has 2 N–H and O–H groups in total. The Bertz CT molecular complexity index is 640. The highest BCUT2D eigenvalue weighted by molar-refractivity contribution is 7.13. The number of aromatic hydroxyl groups is 1. The molecule has 0 aliphatic carbocycles. The highest BCUT2D eigenvalue weighted by Crippen LogP contribution is 2.17. The molecule has 0 fully saturated rings. The lowest BCUT2D eigenvalue weighted by Gasteiger charge is -1.98. The summed E-state index contributed by atoms with van der Waals surface area (Å²) in [6.45, 7) is 2.12. The van der Waals surface area contributed by atoms with Crippen LogP contribution in [0.5, 0.6) is 5.75 Å². The van der Waals surface area contributed by atoms with Crippen LogP contribution in [0.4, 0.5) is 5.13 Å². The van der Waals surface area contributed by atoms with Crippen LogP contribution in [0.2, 0.25) is 0 Å². The number of hydrazone groups is 1. The number of rotatable bonds is 6. The molecular formula is C14H15N3O3S. The van der Waals surface area contributed by atoms with Crippen molar-refractivity contribution in [1.29, 1.82) is 0 Å². The zero-order valence-corrected chi connectivity index (χ0v) is 12.3. The number of phenols is 1. The number of benzene rings is 1. The molecule has 0 spiro atoms. The minimum atomic E-state index is -0.299. The average molecular weight is 305 g/mol. The summed E-state index contributed by atoms with van der Waals surface area (Å²) in [5, 5.41) is 15.9. The van der Waals surface area contributed by atoms with E-state index in [1.165, 1.54) is 17.6 Å². The van der Waals surface area contributed by atoms with Crippen molar-refractivity contribution in [3.63, 3.8) is 0 Å². The van der Waals surface area contributed by atoms with Gasteiger partial charge in [-0.15, -0.1) is 11.3 Å². The van der Waals surface area contributed by atoms with Gasteiger partial charge in [0.2, 0.25) is 5.13 Å². The quantitative estimate of drug-likeness (QED) is 0.486. The van der Waals surface area contributed by atoms with Gasteiger partial charge in [-0.25, -0.2) is 4.98 Å². The van der Waals surface area contributed by atoms with Crippen LogP contribution in [-0.4, -0.2) is 28.9 Å². The summed E-state index contributed by atoms with van der Waals surface area (Å²) in [5.41, 5.74) is 4.00. The Morgan fingerprint density at radius 2 is 2.33 bits per heavy atom. The molecule has 0 radical (unpaired) electrons. The number of nitrogens with zero attached hydrogens (tertiary/aromatic N) is 2. The summed E-state index contributed by atoms with van der Waals surface area (Å²) in [6.07, 6.45) is 1.65. The molecule has 0 saturated heterocycles. The molecule has 0 bridgehead atoms. The van der Waals surface area contributed by atoms with Crippen molar-refractivity contribution in [2.75, 3.05) is 12.0 Å². The smallest absolute Gasteiger partial charge is 0.311 e. The van der Waals surface area contributed by atoms with E-state index in [0.29, 0.717) is 23.0 Å². The molecule has 0 saturated carbocycles. The molecule has 2 rings (SSSR count). The van der Waals surface area contributed by atoms with Crippen molar-refractivity contribution >= 4 is 28.7 Å². The van der Waals surface area contributed by atoms with Crippen LogP contribution in [0.3, 0.4) is 0 Å². The largest absolute Gasteiger partial charge is 0.507 e. The SMILES string of the molecule is CCOC(=O)Cc1csc(NN=Cc2ccccc2O)n1.